The maximum atomic E-state index is 13.3. The smallest absolute Gasteiger partial charge is 0.124 e. The van der Waals surface area contributed by atoms with Gasteiger partial charge in [-0.2, -0.15) is 5.10 Å². The molecule has 1 heterocycles. The van der Waals surface area contributed by atoms with Gasteiger partial charge >= 0.3 is 0 Å². The number of rotatable bonds is 4. The van der Waals surface area contributed by atoms with E-state index >= 15 is 0 Å². The highest BCUT2D eigenvalue weighted by molar-refractivity contribution is 9.10. The van der Waals surface area contributed by atoms with Crippen molar-refractivity contribution in [1.29, 1.82) is 0 Å². The van der Waals surface area contributed by atoms with Crippen LogP contribution in [-0.4, -0.2) is 14.9 Å². The van der Waals surface area contributed by atoms with E-state index in [1.807, 2.05) is 20.0 Å². The van der Waals surface area contributed by atoms with Gasteiger partial charge in [-0.15, -0.1) is 0 Å². The third-order valence-electron chi connectivity index (χ3n) is 2.89. The van der Waals surface area contributed by atoms with Crippen LogP contribution < -0.4 is 0 Å². The van der Waals surface area contributed by atoms with Crippen molar-refractivity contribution >= 4 is 15.9 Å². The molecule has 1 atom stereocenters. The Morgan fingerprint density at radius 3 is 2.68 bits per heavy atom. The third-order valence-corrected chi connectivity index (χ3v) is 3.34. The van der Waals surface area contributed by atoms with Crippen molar-refractivity contribution in [2.45, 2.75) is 32.4 Å². The topological polar surface area (TPSA) is 38.0 Å². The zero-order valence-electron chi connectivity index (χ0n) is 10.8. The quantitative estimate of drug-likeness (QED) is 0.931. The Hall–Kier alpha value is -1.20. The van der Waals surface area contributed by atoms with Crippen LogP contribution in [0, 0.1) is 5.82 Å². The summed E-state index contributed by atoms with van der Waals surface area (Å²) in [6.45, 7) is 4.04. The molecule has 2 rings (SSSR count). The van der Waals surface area contributed by atoms with Crippen molar-refractivity contribution < 1.29 is 9.50 Å². The molecule has 0 amide bonds. The molecule has 1 aromatic carbocycles. The van der Waals surface area contributed by atoms with Crippen LogP contribution in [0.4, 0.5) is 4.39 Å². The van der Waals surface area contributed by atoms with Gasteiger partial charge in [0.15, 0.2) is 0 Å². The monoisotopic (exact) mass is 326 g/mol. The lowest BCUT2D eigenvalue weighted by molar-refractivity contribution is 0.178. The molecule has 5 heteroatoms. The maximum absolute atomic E-state index is 13.3. The van der Waals surface area contributed by atoms with E-state index in [9.17, 15) is 9.50 Å². The first kappa shape index (κ1) is 14.2. The number of halogens is 2. The molecule has 1 aromatic heterocycles. The van der Waals surface area contributed by atoms with Crippen LogP contribution in [0.25, 0.3) is 0 Å². The lowest BCUT2D eigenvalue weighted by atomic mass is 10.0. The van der Waals surface area contributed by atoms with Crippen molar-refractivity contribution in [2.24, 2.45) is 0 Å². The SMILES string of the molecule is CC(C)n1cc(C(O)Cc2cc(F)cc(Br)c2)cn1. The largest absolute Gasteiger partial charge is 0.388 e. The summed E-state index contributed by atoms with van der Waals surface area (Å²) in [5, 5.41) is 14.3. The Kier molecular flexibility index (Phi) is 4.37. The first-order valence-corrected chi connectivity index (χ1v) is 6.92. The lowest BCUT2D eigenvalue weighted by Gasteiger charge is -2.09. The second-order valence-electron chi connectivity index (χ2n) is 4.85. The molecule has 0 aliphatic rings. The Morgan fingerprint density at radius 1 is 1.37 bits per heavy atom. The first-order valence-electron chi connectivity index (χ1n) is 6.13. The summed E-state index contributed by atoms with van der Waals surface area (Å²) in [6, 6.07) is 4.89. The number of aliphatic hydroxyl groups excluding tert-OH is 1. The molecule has 0 spiro atoms. The number of hydrogen-bond acceptors (Lipinski definition) is 2. The molecule has 0 aliphatic heterocycles. The average Bonchev–Trinajstić information content (AvgIpc) is 2.76. The van der Waals surface area contributed by atoms with E-state index < -0.39 is 6.10 Å². The van der Waals surface area contributed by atoms with Gasteiger partial charge in [0.1, 0.15) is 5.82 Å². The van der Waals surface area contributed by atoms with E-state index in [1.165, 1.54) is 12.1 Å². The van der Waals surface area contributed by atoms with Gasteiger partial charge in [-0.05, 0) is 37.6 Å². The van der Waals surface area contributed by atoms with E-state index in [-0.39, 0.29) is 11.9 Å². The second kappa shape index (κ2) is 5.84. The minimum absolute atomic E-state index is 0.254. The van der Waals surface area contributed by atoms with Crippen molar-refractivity contribution in [3.63, 3.8) is 0 Å². The van der Waals surface area contributed by atoms with E-state index in [1.54, 1.807) is 16.9 Å². The molecule has 0 saturated heterocycles. The lowest BCUT2D eigenvalue weighted by Crippen LogP contribution is -2.03. The summed E-state index contributed by atoms with van der Waals surface area (Å²) in [7, 11) is 0. The van der Waals surface area contributed by atoms with E-state index in [0.29, 0.717) is 10.9 Å². The van der Waals surface area contributed by atoms with Gasteiger partial charge < -0.3 is 5.11 Å². The van der Waals surface area contributed by atoms with Crippen molar-refractivity contribution in [2.75, 3.05) is 0 Å². The van der Waals surface area contributed by atoms with Gasteiger partial charge in [-0.25, -0.2) is 4.39 Å². The Morgan fingerprint density at radius 2 is 2.11 bits per heavy atom. The van der Waals surface area contributed by atoms with E-state index in [4.69, 9.17) is 0 Å². The molecule has 0 bridgehead atoms. The summed E-state index contributed by atoms with van der Waals surface area (Å²) in [4.78, 5) is 0. The van der Waals surface area contributed by atoms with Gasteiger partial charge in [0.2, 0.25) is 0 Å². The average molecular weight is 327 g/mol. The van der Waals surface area contributed by atoms with E-state index in [0.717, 1.165) is 11.1 Å². The second-order valence-corrected chi connectivity index (χ2v) is 5.76. The molecule has 3 nitrogen and oxygen atoms in total. The van der Waals surface area contributed by atoms with Crippen LogP contribution in [0.15, 0.2) is 35.1 Å². The van der Waals surface area contributed by atoms with Crippen LogP contribution in [-0.2, 0) is 6.42 Å². The summed E-state index contributed by atoms with van der Waals surface area (Å²) in [5.74, 6) is -0.311. The molecule has 0 radical (unpaired) electrons. The zero-order valence-corrected chi connectivity index (χ0v) is 12.4. The van der Waals surface area contributed by atoms with Gasteiger partial charge in [0.05, 0.1) is 12.3 Å². The fraction of sp³-hybridized carbons (Fsp3) is 0.357. The van der Waals surface area contributed by atoms with Crippen LogP contribution in [0.1, 0.15) is 37.1 Å². The normalized spacial score (nSPS) is 12.9. The Labute approximate surface area is 120 Å². The summed E-state index contributed by atoms with van der Waals surface area (Å²) in [6.07, 6.45) is 3.16. The summed E-state index contributed by atoms with van der Waals surface area (Å²) in [5.41, 5.74) is 1.49. The number of hydrogen-bond donors (Lipinski definition) is 1. The number of aliphatic hydroxyl groups is 1. The molecule has 19 heavy (non-hydrogen) atoms. The zero-order chi connectivity index (χ0) is 14.0. The molecule has 1 N–H and O–H groups in total. The Bertz CT molecular complexity index is 548. The van der Waals surface area contributed by atoms with Crippen LogP contribution in [0.2, 0.25) is 0 Å². The van der Waals surface area contributed by atoms with Crippen LogP contribution >= 0.6 is 15.9 Å². The Balaban J connectivity index is 2.13. The van der Waals surface area contributed by atoms with Gasteiger partial charge in [-0.3, -0.25) is 4.68 Å². The van der Waals surface area contributed by atoms with Crippen molar-refractivity contribution in [3.8, 4) is 0 Å². The molecule has 0 saturated carbocycles. The fourth-order valence-corrected chi connectivity index (χ4v) is 2.39. The highest BCUT2D eigenvalue weighted by Gasteiger charge is 2.13. The van der Waals surface area contributed by atoms with Gasteiger partial charge in [0, 0.05) is 28.7 Å². The maximum Gasteiger partial charge on any atom is 0.124 e. The molecule has 1 unspecified atom stereocenters. The predicted octanol–water partition coefficient (Wildman–Crippen LogP) is 3.64. The molecule has 102 valence electrons. The van der Waals surface area contributed by atoms with Gasteiger partial charge in [0.25, 0.3) is 0 Å². The van der Waals surface area contributed by atoms with E-state index in [2.05, 4.69) is 21.0 Å². The van der Waals surface area contributed by atoms with Crippen molar-refractivity contribution in [3.05, 3.63) is 52.0 Å². The summed E-state index contributed by atoms with van der Waals surface area (Å²) >= 11 is 3.24. The minimum Gasteiger partial charge on any atom is -0.388 e. The molecule has 2 aromatic rings. The standard InChI is InChI=1S/C14H16BrFN2O/c1-9(2)18-8-11(7-17-18)14(19)5-10-3-12(15)6-13(16)4-10/h3-4,6-9,14,19H,5H2,1-2H3. The predicted molar refractivity (Wildman–Crippen MR) is 75.4 cm³/mol. The highest BCUT2D eigenvalue weighted by Crippen LogP contribution is 2.22. The summed E-state index contributed by atoms with van der Waals surface area (Å²) < 4.78 is 15.7. The number of benzene rings is 1. The van der Waals surface area contributed by atoms with Crippen LogP contribution in [0.5, 0.6) is 0 Å². The van der Waals surface area contributed by atoms with Crippen molar-refractivity contribution in [1.82, 2.24) is 9.78 Å². The number of nitrogens with zero attached hydrogens (tertiary/aromatic N) is 2. The number of aromatic nitrogens is 2. The molecular weight excluding hydrogens is 311 g/mol. The first-order chi connectivity index (χ1) is 8.95. The molecule has 0 aliphatic carbocycles. The molecular formula is C14H16BrFN2O. The highest BCUT2D eigenvalue weighted by atomic mass is 79.9. The fourth-order valence-electron chi connectivity index (χ4n) is 1.88. The van der Waals surface area contributed by atoms with Gasteiger partial charge in [-0.1, -0.05) is 15.9 Å². The molecule has 0 fully saturated rings. The minimum atomic E-state index is -0.679. The van der Waals surface area contributed by atoms with Crippen LogP contribution in [0.3, 0.4) is 0 Å². The third kappa shape index (κ3) is 3.64.